The zero-order chi connectivity index (χ0) is 14.6. The molecule has 1 aliphatic carbocycles. The van der Waals surface area contributed by atoms with Crippen molar-refractivity contribution in [1.82, 2.24) is 5.32 Å². The molecule has 112 valence electrons. The number of aliphatic hydroxyl groups excluding tert-OH is 1. The summed E-state index contributed by atoms with van der Waals surface area (Å²) >= 11 is 0. The largest absolute Gasteiger partial charge is 0.395 e. The number of rotatable bonds is 5. The first-order valence-electron chi connectivity index (χ1n) is 7.25. The predicted octanol–water partition coefficient (Wildman–Crippen LogP) is 2.17. The molecule has 4 heteroatoms. The van der Waals surface area contributed by atoms with Gasteiger partial charge in [0.1, 0.15) is 5.67 Å². The molecule has 20 heavy (non-hydrogen) atoms. The SMILES string of the molecule is CC1(O)CCC(F)(C(CO)NCc2ccccc2)CC1. The Morgan fingerprint density at radius 1 is 1.20 bits per heavy atom. The van der Waals surface area contributed by atoms with E-state index in [1.165, 1.54) is 0 Å². The van der Waals surface area contributed by atoms with Crippen LogP contribution in [0.15, 0.2) is 30.3 Å². The topological polar surface area (TPSA) is 52.5 Å². The first kappa shape index (κ1) is 15.4. The third kappa shape index (κ3) is 3.78. The minimum absolute atomic E-state index is 0.231. The van der Waals surface area contributed by atoms with Crippen molar-refractivity contribution in [2.45, 2.75) is 56.5 Å². The highest BCUT2D eigenvalue weighted by atomic mass is 19.1. The van der Waals surface area contributed by atoms with Crippen molar-refractivity contribution in [3.8, 4) is 0 Å². The molecule has 1 unspecified atom stereocenters. The second kappa shape index (κ2) is 6.20. The van der Waals surface area contributed by atoms with E-state index in [9.17, 15) is 14.6 Å². The van der Waals surface area contributed by atoms with Gasteiger partial charge < -0.3 is 15.5 Å². The summed E-state index contributed by atoms with van der Waals surface area (Å²) in [6.45, 7) is 2.05. The maximum absolute atomic E-state index is 14.9. The summed E-state index contributed by atoms with van der Waals surface area (Å²) < 4.78 is 14.9. The second-order valence-corrected chi connectivity index (χ2v) is 6.13. The van der Waals surface area contributed by atoms with E-state index in [-0.39, 0.29) is 19.4 Å². The van der Waals surface area contributed by atoms with Gasteiger partial charge in [0.15, 0.2) is 0 Å². The van der Waals surface area contributed by atoms with Crippen molar-refractivity contribution < 1.29 is 14.6 Å². The van der Waals surface area contributed by atoms with Gasteiger partial charge in [-0.1, -0.05) is 30.3 Å². The summed E-state index contributed by atoms with van der Waals surface area (Å²) in [6.07, 6.45) is 1.44. The van der Waals surface area contributed by atoms with Gasteiger partial charge in [0.2, 0.25) is 0 Å². The Kier molecular flexibility index (Phi) is 4.78. The molecule has 0 bridgehead atoms. The van der Waals surface area contributed by atoms with Gasteiger partial charge in [-0.2, -0.15) is 0 Å². The Bertz CT molecular complexity index is 412. The molecule has 0 heterocycles. The number of nitrogens with one attached hydrogen (secondary N) is 1. The third-order valence-corrected chi connectivity index (χ3v) is 4.36. The fourth-order valence-electron chi connectivity index (χ4n) is 2.80. The molecule has 0 radical (unpaired) electrons. The highest BCUT2D eigenvalue weighted by Crippen LogP contribution is 2.39. The molecule has 3 N–H and O–H groups in total. The minimum Gasteiger partial charge on any atom is -0.395 e. The number of hydrogen-bond acceptors (Lipinski definition) is 3. The lowest BCUT2D eigenvalue weighted by Gasteiger charge is -2.41. The van der Waals surface area contributed by atoms with Gasteiger partial charge in [0.05, 0.1) is 18.2 Å². The smallest absolute Gasteiger partial charge is 0.128 e. The molecule has 1 aliphatic rings. The van der Waals surface area contributed by atoms with Gasteiger partial charge in [-0.05, 0) is 38.2 Å². The quantitative estimate of drug-likeness (QED) is 0.775. The molecule has 2 rings (SSSR count). The van der Waals surface area contributed by atoms with Crippen LogP contribution in [0.3, 0.4) is 0 Å². The Morgan fingerprint density at radius 3 is 2.35 bits per heavy atom. The summed E-state index contributed by atoms with van der Waals surface area (Å²) in [4.78, 5) is 0. The molecule has 1 fully saturated rings. The molecular weight excluding hydrogens is 257 g/mol. The van der Waals surface area contributed by atoms with E-state index >= 15 is 0 Å². The molecule has 0 aliphatic heterocycles. The summed E-state index contributed by atoms with van der Waals surface area (Å²) in [6, 6.07) is 9.17. The average Bonchev–Trinajstić information content (AvgIpc) is 2.44. The zero-order valence-corrected chi connectivity index (χ0v) is 12.0. The Labute approximate surface area is 119 Å². The molecular formula is C16H24FNO2. The van der Waals surface area contributed by atoms with E-state index in [0.717, 1.165) is 5.56 Å². The van der Waals surface area contributed by atoms with E-state index in [1.807, 2.05) is 30.3 Å². The van der Waals surface area contributed by atoms with E-state index in [2.05, 4.69) is 5.32 Å². The molecule has 3 nitrogen and oxygen atoms in total. The van der Waals surface area contributed by atoms with Crippen molar-refractivity contribution in [2.24, 2.45) is 0 Å². The molecule has 1 saturated carbocycles. The van der Waals surface area contributed by atoms with E-state index in [1.54, 1.807) is 6.92 Å². The lowest BCUT2D eigenvalue weighted by Crippen LogP contribution is -2.53. The lowest BCUT2D eigenvalue weighted by molar-refractivity contribution is -0.0541. The Morgan fingerprint density at radius 2 is 1.80 bits per heavy atom. The van der Waals surface area contributed by atoms with Crippen molar-refractivity contribution in [1.29, 1.82) is 0 Å². The van der Waals surface area contributed by atoms with Crippen LogP contribution in [0.1, 0.15) is 38.2 Å². The van der Waals surface area contributed by atoms with Crippen molar-refractivity contribution in [2.75, 3.05) is 6.61 Å². The van der Waals surface area contributed by atoms with Crippen LogP contribution in [-0.2, 0) is 6.54 Å². The number of alkyl halides is 1. The minimum atomic E-state index is -1.44. The normalized spacial score (nSPS) is 32.0. The number of benzene rings is 1. The van der Waals surface area contributed by atoms with Gasteiger partial charge in [0, 0.05) is 6.54 Å². The average molecular weight is 281 g/mol. The third-order valence-electron chi connectivity index (χ3n) is 4.36. The lowest BCUT2D eigenvalue weighted by atomic mass is 9.74. The fraction of sp³-hybridized carbons (Fsp3) is 0.625. The Hall–Kier alpha value is -0.970. The molecule has 1 atom stereocenters. The highest BCUT2D eigenvalue weighted by molar-refractivity contribution is 5.14. The second-order valence-electron chi connectivity index (χ2n) is 6.13. The monoisotopic (exact) mass is 281 g/mol. The first-order chi connectivity index (χ1) is 9.45. The maximum Gasteiger partial charge on any atom is 0.128 e. The van der Waals surface area contributed by atoms with Gasteiger partial charge in [-0.25, -0.2) is 4.39 Å². The highest BCUT2D eigenvalue weighted by Gasteiger charge is 2.44. The number of hydrogen-bond donors (Lipinski definition) is 3. The number of aliphatic hydroxyl groups is 2. The van der Waals surface area contributed by atoms with Gasteiger partial charge in [-0.15, -0.1) is 0 Å². The first-order valence-corrected chi connectivity index (χ1v) is 7.25. The summed E-state index contributed by atoms with van der Waals surface area (Å²) in [5.41, 5.74) is -1.14. The molecule has 0 aromatic heterocycles. The van der Waals surface area contributed by atoms with E-state index in [0.29, 0.717) is 19.4 Å². The molecule has 1 aromatic carbocycles. The van der Waals surface area contributed by atoms with Crippen molar-refractivity contribution in [3.63, 3.8) is 0 Å². The van der Waals surface area contributed by atoms with E-state index in [4.69, 9.17) is 0 Å². The van der Waals surface area contributed by atoms with Crippen LogP contribution in [0.2, 0.25) is 0 Å². The molecule has 0 amide bonds. The van der Waals surface area contributed by atoms with Crippen molar-refractivity contribution >= 4 is 0 Å². The van der Waals surface area contributed by atoms with Crippen molar-refractivity contribution in [3.05, 3.63) is 35.9 Å². The van der Waals surface area contributed by atoms with Crippen LogP contribution in [0, 0.1) is 0 Å². The predicted molar refractivity (Wildman–Crippen MR) is 77.1 cm³/mol. The molecule has 1 aromatic rings. The van der Waals surface area contributed by atoms with Crippen LogP contribution in [0.5, 0.6) is 0 Å². The number of halogens is 1. The standard InChI is InChI=1S/C16H24FNO2/c1-15(20)7-9-16(17,10-8-15)14(12-19)18-11-13-5-3-2-4-6-13/h2-6,14,18-20H,7-12H2,1H3. The maximum atomic E-state index is 14.9. The van der Waals surface area contributed by atoms with Gasteiger partial charge in [-0.3, -0.25) is 0 Å². The van der Waals surface area contributed by atoms with E-state index < -0.39 is 17.3 Å². The van der Waals surface area contributed by atoms with Crippen LogP contribution in [0.25, 0.3) is 0 Å². The van der Waals surface area contributed by atoms with Gasteiger partial charge in [0.25, 0.3) is 0 Å². The van der Waals surface area contributed by atoms with Crippen LogP contribution >= 0.6 is 0 Å². The molecule has 0 saturated heterocycles. The summed E-state index contributed by atoms with van der Waals surface area (Å²) in [5.74, 6) is 0. The van der Waals surface area contributed by atoms with Crippen LogP contribution in [-0.4, -0.2) is 34.1 Å². The Balaban J connectivity index is 1.94. The summed E-state index contributed by atoms with van der Waals surface area (Å²) in [5, 5.41) is 22.5. The fourth-order valence-corrected chi connectivity index (χ4v) is 2.80. The zero-order valence-electron chi connectivity index (χ0n) is 12.0. The molecule has 0 spiro atoms. The van der Waals surface area contributed by atoms with Crippen LogP contribution < -0.4 is 5.32 Å². The summed E-state index contributed by atoms with van der Waals surface area (Å²) in [7, 11) is 0. The van der Waals surface area contributed by atoms with Gasteiger partial charge >= 0.3 is 0 Å². The van der Waals surface area contributed by atoms with Crippen LogP contribution in [0.4, 0.5) is 4.39 Å².